The summed E-state index contributed by atoms with van der Waals surface area (Å²) in [6.45, 7) is 3.16. The van der Waals surface area contributed by atoms with Gasteiger partial charge in [0.1, 0.15) is 0 Å². The summed E-state index contributed by atoms with van der Waals surface area (Å²) in [4.78, 5) is 0. The van der Waals surface area contributed by atoms with Crippen molar-refractivity contribution in [2.45, 2.75) is 13.5 Å². The van der Waals surface area contributed by atoms with Gasteiger partial charge in [0, 0.05) is 11.6 Å². The summed E-state index contributed by atoms with van der Waals surface area (Å²) in [6, 6.07) is 11.2. The zero-order valence-corrected chi connectivity index (χ0v) is 13.5. The quantitative estimate of drug-likeness (QED) is 0.809. The summed E-state index contributed by atoms with van der Waals surface area (Å²) in [7, 11) is 1.63. The fourth-order valence-corrected chi connectivity index (χ4v) is 2.28. The van der Waals surface area contributed by atoms with Gasteiger partial charge in [0.25, 0.3) is 0 Å². The lowest BCUT2D eigenvalue weighted by Crippen LogP contribution is -2.01. The van der Waals surface area contributed by atoms with E-state index in [-0.39, 0.29) is 0 Å². The van der Waals surface area contributed by atoms with Crippen LogP contribution in [0, 0.1) is 0 Å². The lowest BCUT2D eigenvalue weighted by molar-refractivity contribution is 0.310. The third-order valence-electron chi connectivity index (χ3n) is 2.94. The molecule has 0 heterocycles. The molecule has 0 unspecified atom stereocenters. The van der Waals surface area contributed by atoms with Gasteiger partial charge in [-0.1, -0.05) is 29.3 Å². The van der Waals surface area contributed by atoms with E-state index in [4.69, 9.17) is 32.7 Å². The van der Waals surface area contributed by atoms with Gasteiger partial charge in [-0.25, -0.2) is 0 Å². The van der Waals surface area contributed by atoms with Gasteiger partial charge in [0.15, 0.2) is 11.5 Å². The van der Waals surface area contributed by atoms with E-state index < -0.39 is 0 Å². The summed E-state index contributed by atoms with van der Waals surface area (Å²) < 4.78 is 10.8. The molecule has 112 valence electrons. The third kappa shape index (κ3) is 4.19. The minimum absolute atomic E-state index is 0.603. The predicted octanol–water partition coefficient (Wildman–Crippen LogP) is 5.01. The van der Waals surface area contributed by atoms with Crippen molar-refractivity contribution in [2.24, 2.45) is 0 Å². The number of methoxy groups -OCH3 is 1. The molecule has 0 aliphatic rings. The van der Waals surface area contributed by atoms with Crippen LogP contribution in [-0.4, -0.2) is 13.7 Å². The first-order valence-corrected chi connectivity index (χ1v) is 7.38. The zero-order chi connectivity index (χ0) is 15.2. The fraction of sp³-hybridized carbons (Fsp3) is 0.250. The van der Waals surface area contributed by atoms with Crippen LogP contribution in [0.5, 0.6) is 11.5 Å². The molecule has 0 saturated carbocycles. The Hall–Kier alpha value is -1.58. The Kier molecular flexibility index (Phi) is 5.59. The number of ether oxygens (including phenoxy) is 2. The van der Waals surface area contributed by atoms with Crippen molar-refractivity contribution in [3.63, 3.8) is 0 Å². The standard InChI is InChI=1S/C16H17Cl2NO2/c1-3-21-15-7-4-11(8-16(15)20-2)10-19-14-9-12(17)5-6-13(14)18/h4-9,19H,3,10H2,1-2H3. The second kappa shape index (κ2) is 7.43. The molecule has 0 fully saturated rings. The summed E-state index contributed by atoms with van der Waals surface area (Å²) in [5.74, 6) is 1.46. The van der Waals surface area contributed by atoms with E-state index in [1.54, 1.807) is 25.3 Å². The van der Waals surface area contributed by atoms with Gasteiger partial charge in [-0.2, -0.15) is 0 Å². The lowest BCUT2D eigenvalue weighted by atomic mass is 10.2. The van der Waals surface area contributed by atoms with Gasteiger partial charge in [-0.05, 0) is 42.8 Å². The lowest BCUT2D eigenvalue weighted by Gasteiger charge is -2.12. The SMILES string of the molecule is CCOc1ccc(CNc2cc(Cl)ccc2Cl)cc1OC. The molecule has 2 aromatic rings. The topological polar surface area (TPSA) is 30.5 Å². The minimum Gasteiger partial charge on any atom is -0.493 e. The number of rotatable bonds is 6. The van der Waals surface area contributed by atoms with E-state index in [2.05, 4.69) is 5.32 Å². The highest BCUT2D eigenvalue weighted by atomic mass is 35.5. The van der Waals surface area contributed by atoms with Crippen molar-refractivity contribution >= 4 is 28.9 Å². The van der Waals surface area contributed by atoms with Crippen LogP contribution in [0.25, 0.3) is 0 Å². The molecular formula is C16H17Cl2NO2. The minimum atomic E-state index is 0.603. The molecule has 1 N–H and O–H groups in total. The number of hydrogen-bond donors (Lipinski definition) is 1. The van der Waals surface area contributed by atoms with Gasteiger partial charge >= 0.3 is 0 Å². The fourth-order valence-electron chi connectivity index (χ4n) is 1.93. The van der Waals surface area contributed by atoms with Gasteiger partial charge < -0.3 is 14.8 Å². The van der Waals surface area contributed by atoms with E-state index >= 15 is 0 Å². The van der Waals surface area contributed by atoms with Crippen LogP contribution < -0.4 is 14.8 Å². The van der Waals surface area contributed by atoms with Crippen LogP contribution >= 0.6 is 23.2 Å². The Bertz CT molecular complexity index is 617. The van der Waals surface area contributed by atoms with E-state index in [9.17, 15) is 0 Å². The summed E-state index contributed by atoms with van der Waals surface area (Å²) in [5.41, 5.74) is 1.86. The molecular weight excluding hydrogens is 309 g/mol. The first-order chi connectivity index (χ1) is 10.1. The Morgan fingerprint density at radius 3 is 2.57 bits per heavy atom. The van der Waals surface area contributed by atoms with E-state index in [0.717, 1.165) is 17.0 Å². The molecule has 3 nitrogen and oxygen atoms in total. The highest BCUT2D eigenvalue weighted by molar-refractivity contribution is 6.35. The van der Waals surface area contributed by atoms with Crippen molar-refractivity contribution in [1.29, 1.82) is 0 Å². The molecule has 2 aromatic carbocycles. The Morgan fingerprint density at radius 1 is 1.05 bits per heavy atom. The number of hydrogen-bond acceptors (Lipinski definition) is 3. The molecule has 21 heavy (non-hydrogen) atoms. The van der Waals surface area contributed by atoms with Gasteiger partial charge in [0.2, 0.25) is 0 Å². The smallest absolute Gasteiger partial charge is 0.161 e. The Labute approximate surface area is 134 Å². The van der Waals surface area contributed by atoms with Crippen LogP contribution in [0.15, 0.2) is 36.4 Å². The van der Waals surface area contributed by atoms with Crippen molar-refractivity contribution in [3.05, 3.63) is 52.0 Å². The Morgan fingerprint density at radius 2 is 1.86 bits per heavy atom. The second-order valence-electron chi connectivity index (χ2n) is 4.40. The summed E-state index contributed by atoms with van der Waals surface area (Å²) in [5, 5.41) is 4.54. The van der Waals surface area contributed by atoms with E-state index in [1.807, 2.05) is 25.1 Å². The van der Waals surface area contributed by atoms with Crippen molar-refractivity contribution < 1.29 is 9.47 Å². The molecule has 0 aliphatic heterocycles. The van der Waals surface area contributed by atoms with Crippen molar-refractivity contribution in [2.75, 3.05) is 19.0 Å². The number of halogens is 2. The largest absolute Gasteiger partial charge is 0.493 e. The molecule has 0 atom stereocenters. The monoisotopic (exact) mass is 325 g/mol. The number of nitrogens with one attached hydrogen (secondary N) is 1. The van der Waals surface area contributed by atoms with Gasteiger partial charge in [-0.15, -0.1) is 0 Å². The molecule has 0 spiro atoms. The highest BCUT2D eigenvalue weighted by Crippen LogP contribution is 2.29. The van der Waals surface area contributed by atoms with Crippen LogP contribution in [0.3, 0.4) is 0 Å². The maximum atomic E-state index is 6.12. The first-order valence-electron chi connectivity index (χ1n) is 6.62. The molecule has 0 bridgehead atoms. The first kappa shape index (κ1) is 15.8. The van der Waals surface area contributed by atoms with Crippen molar-refractivity contribution in [1.82, 2.24) is 0 Å². The van der Waals surface area contributed by atoms with Crippen LogP contribution in [0.2, 0.25) is 10.0 Å². The highest BCUT2D eigenvalue weighted by Gasteiger charge is 2.06. The molecule has 0 radical (unpaired) electrons. The van der Waals surface area contributed by atoms with E-state index in [0.29, 0.717) is 28.9 Å². The van der Waals surface area contributed by atoms with Crippen LogP contribution in [-0.2, 0) is 6.54 Å². The number of benzene rings is 2. The van der Waals surface area contributed by atoms with Crippen LogP contribution in [0.1, 0.15) is 12.5 Å². The van der Waals surface area contributed by atoms with Crippen LogP contribution in [0.4, 0.5) is 5.69 Å². The van der Waals surface area contributed by atoms with E-state index in [1.165, 1.54) is 0 Å². The predicted molar refractivity (Wildman–Crippen MR) is 88.0 cm³/mol. The Balaban J connectivity index is 2.11. The molecule has 0 aliphatic carbocycles. The van der Waals surface area contributed by atoms with Gasteiger partial charge in [-0.3, -0.25) is 0 Å². The zero-order valence-electron chi connectivity index (χ0n) is 12.0. The average Bonchev–Trinajstić information content (AvgIpc) is 2.49. The van der Waals surface area contributed by atoms with Gasteiger partial charge in [0.05, 0.1) is 24.4 Å². The average molecular weight is 326 g/mol. The summed E-state index contributed by atoms with van der Waals surface area (Å²) in [6.07, 6.45) is 0. The van der Waals surface area contributed by atoms with Crippen molar-refractivity contribution in [3.8, 4) is 11.5 Å². The molecule has 5 heteroatoms. The maximum Gasteiger partial charge on any atom is 0.161 e. The maximum absolute atomic E-state index is 6.12. The molecule has 2 rings (SSSR count). The molecule has 0 saturated heterocycles. The second-order valence-corrected chi connectivity index (χ2v) is 5.24. The summed E-state index contributed by atoms with van der Waals surface area (Å²) >= 11 is 12.1. The third-order valence-corrected chi connectivity index (χ3v) is 3.50. The molecule has 0 aromatic heterocycles. The normalized spacial score (nSPS) is 10.3. The number of anilines is 1. The molecule has 0 amide bonds.